The fraction of sp³-hybridized carbons (Fsp3) is 1.00. The van der Waals surface area contributed by atoms with E-state index in [1.165, 1.54) is 38.9 Å². The Morgan fingerprint density at radius 2 is 2.07 bits per heavy atom. The summed E-state index contributed by atoms with van der Waals surface area (Å²) in [6.45, 7) is 3.80. The van der Waals surface area contributed by atoms with Crippen molar-refractivity contribution in [2.24, 2.45) is 5.92 Å². The third-order valence-corrected chi connectivity index (χ3v) is 4.24. The molecule has 2 fully saturated rings. The average Bonchev–Trinajstić information content (AvgIpc) is 2.61. The van der Waals surface area contributed by atoms with Crippen LogP contribution >= 0.6 is 0 Å². The standard InChI is InChI=1S/C12H25N3/c1-13-8-10-4-5-12(10)15-7-6-11(9-15)14(2)3/h10-13H,4-9H2,1-3H3. The first-order valence-corrected chi connectivity index (χ1v) is 6.27. The predicted octanol–water partition coefficient (Wildman–Crippen LogP) is 0.620. The third kappa shape index (κ3) is 2.35. The summed E-state index contributed by atoms with van der Waals surface area (Å²) in [5.74, 6) is 0.913. The Morgan fingerprint density at radius 1 is 1.27 bits per heavy atom. The number of nitrogens with one attached hydrogen (secondary N) is 1. The van der Waals surface area contributed by atoms with Crippen LogP contribution in [0.15, 0.2) is 0 Å². The highest BCUT2D eigenvalue weighted by Gasteiger charge is 2.38. The van der Waals surface area contributed by atoms with Gasteiger partial charge in [-0.2, -0.15) is 0 Å². The second kappa shape index (κ2) is 4.81. The second-order valence-electron chi connectivity index (χ2n) is 5.36. The molecule has 0 radical (unpaired) electrons. The SMILES string of the molecule is CNCC1CCC1N1CCC(N(C)C)C1. The van der Waals surface area contributed by atoms with Crippen molar-refractivity contribution in [1.29, 1.82) is 0 Å². The van der Waals surface area contributed by atoms with Crippen LogP contribution in [0.1, 0.15) is 19.3 Å². The van der Waals surface area contributed by atoms with Crippen molar-refractivity contribution in [1.82, 2.24) is 15.1 Å². The molecule has 0 bridgehead atoms. The van der Waals surface area contributed by atoms with Crippen molar-refractivity contribution in [3.63, 3.8) is 0 Å². The molecule has 1 heterocycles. The van der Waals surface area contributed by atoms with Gasteiger partial charge in [-0.05, 0) is 52.9 Å². The average molecular weight is 211 g/mol. The molecule has 3 atom stereocenters. The number of rotatable bonds is 4. The molecule has 15 heavy (non-hydrogen) atoms. The van der Waals surface area contributed by atoms with Crippen molar-refractivity contribution in [3.05, 3.63) is 0 Å². The first-order chi connectivity index (χ1) is 7.22. The molecule has 1 saturated heterocycles. The van der Waals surface area contributed by atoms with Crippen LogP contribution in [0.2, 0.25) is 0 Å². The highest BCUT2D eigenvalue weighted by atomic mass is 15.3. The van der Waals surface area contributed by atoms with Crippen molar-refractivity contribution in [2.45, 2.75) is 31.3 Å². The molecular weight excluding hydrogens is 186 g/mol. The Bertz CT molecular complexity index is 205. The Labute approximate surface area is 93.8 Å². The number of likely N-dealkylation sites (N-methyl/N-ethyl adjacent to an activating group) is 1. The smallest absolute Gasteiger partial charge is 0.0229 e. The normalized spacial score (nSPS) is 37.2. The summed E-state index contributed by atoms with van der Waals surface area (Å²) < 4.78 is 0. The van der Waals surface area contributed by atoms with Gasteiger partial charge in [0.2, 0.25) is 0 Å². The molecule has 88 valence electrons. The molecule has 0 amide bonds. The van der Waals surface area contributed by atoms with Gasteiger partial charge in [-0.1, -0.05) is 0 Å². The molecule has 1 aliphatic heterocycles. The second-order valence-corrected chi connectivity index (χ2v) is 5.36. The van der Waals surface area contributed by atoms with E-state index in [4.69, 9.17) is 0 Å². The number of hydrogen-bond acceptors (Lipinski definition) is 3. The van der Waals surface area contributed by atoms with E-state index in [2.05, 4.69) is 36.3 Å². The maximum absolute atomic E-state index is 3.32. The van der Waals surface area contributed by atoms with E-state index in [-0.39, 0.29) is 0 Å². The van der Waals surface area contributed by atoms with Crippen LogP contribution in [0.3, 0.4) is 0 Å². The highest BCUT2D eigenvalue weighted by Crippen LogP contribution is 2.34. The summed E-state index contributed by atoms with van der Waals surface area (Å²) in [6, 6.07) is 1.67. The van der Waals surface area contributed by atoms with Crippen LogP contribution in [0.25, 0.3) is 0 Å². The number of likely N-dealkylation sites (tertiary alicyclic amines) is 1. The minimum atomic E-state index is 0.792. The lowest BCUT2D eigenvalue weighted by Gasteiger charge is -2.43. The Balaban J connectivity index is 1.80. The van der Waals surface area contributed by atoms with Gasteiger partial charge in [0.05, 0.1) is 0 Å². The predicted molar refractivity (Wildman–Crippen MR) is 64.1 cm³/mol. The molecule has 0 aromatic carbocycles. The van der Waals surface area contributed by atoms with Gasteiger partial charge in [-0.3, -0.25) is 4.90 Å². The fourth-order valence-electron chi connectivity index (χ4n) is 3.02. The lowest BCUT2D eigenvalue weighted by molar-refractivity contribution is 0.0778. The summed E-state index contributed by atoms with van der Waals surface area (Å²) in [7, 11) is 6.49. The molecule has 3 heteroatoms. The van der Waals surface area contributed by atoms with Gasteiger partial charge in [0.15, 0.2) is 0 Å². The minimum Gasteiger partial charge on any atom is -0.319 e. The Kier molecular flexibility index (Phi) is 3.65. The zero-order chi connectivity index (χ0) is 10.8. The van der Waals surface area contributed by atoms with Crippen LogP contribution in [-0.2, 0) is 0 Å². The van der Waals surface area contributed by atoms with E-state index in [9.17, 15) is 0 Å². The molecule has 0 aromatic rings. The molecule has 1 N–H and O–H groups in total. The van der Waals surface area contributed by atoms with Crippen molar-refractivity contribution >= 4 is 0 Å². The van der Waals surface area contributed by atoms with Gasteiger partial charge in [0.1, 0.15) is 0 Å². The first kappa shape index (κ1) is 11.4. The molecular formula is C12H25N3. The van der Waals surface area contributed by atoms with E-state index in [0.717, 1.165) is 18.0 Å². The molecule has 1 saturated carbocycles. The molecule has 0 spiro atoms. The van der Waals surface area contributed by atoms with Crippen LogP contribution in [0, 0.1) is 5.92 Å². The van der Waals surface area contributed by atoms with Crippen molar-refractivity contribution < 1.29 is 0 Å². The summed E-state index contributed by atoms with van der Waals surface area (Å²) in [6.07, 6.45) is 4.21. The summed E-state index contributed by atoms with van der Waals surface area (Å²) in [4.78, 5) is 5.10. The van der Waals surface area contributed by atoms with E-state index in [1.807, 2.05) is 0 Å². The van der Waals surface area contributed by atoms with Gasteiger partial charge in [0, 0.05) is 25.2 Å². The maximum Gasteiger partial charge on any atom is 0.0229 e. The van der Waals surface area contributed by atoms with E-state index < -0.39 is 0 Å². The van der Waals surface area contributed by atoms with Gasteiger partial charge in [-0.15, -0.1) is 0 Å². The van der Waals surface area contributed by atoms with Gasteiger partial charge in [-0.25, -0.2) is 0 Å². The molecule has 2 rings (SSSR count). The lowest BCUT2D eigenvalue weighted by atomic mass is 9.78. The summed E-state index contributed by atoms with van der Waals surface area (Å²) >= 11 is 0. The molecule has 3 nitrogen and oxygen atoms in total. The highest BCUT2D eigenvalue weighted by molar-refractivity contribution is 4.94. The number of nitrogens with zero attached hydrogens (tertiary/aromatic N) is 2. The molecule has 0 aromatic heterocycles. The fourth-order valence-corrected chi connectivity index (χ4v) is 3.02. The van der Waals surface area contributed by atoms with Crippen LogP contribution in [0.5, 0.6) is 0 Å². The third-order valence-electron chi connectivity index (χ3n) is 4.24. The van der Waals surface area contributed by atoms with Gasteiger partial charge >= 0.3 is 0 Å². The molecule has 2 aliphatic rings. The maximum atomic E-state index is 3.32. The van der Waals surface area contributed by atoms with Crippen molar-refractivity contribution in [2.75, 3.05) is 40.8 Å². The van der Waals surface area contributed by atoms with E-state index >= 15 is 0 Å². The van der Waals surface area contributed by atoms with E-state index in [1.54, 1.807) is 0 Å². The van der Waals surface area contributed by atoms with Crippen molar-refractivity contribution in [3.8, 4) is 0 Å². The molecule has 3 unspecified atom stereocenters. The van der Waals surface area contributed by atoms with Gasteiger partial charge < -0.3 is 10.2 Å². The zero-order valence-electron chi connectivity index (χ0n) is 10.4. The van der Waals surface area contributed by atoms with Crippen LogP contribution in [0.4, 0.5) is 0 Å². The Hall–Kier alpha value is -0.120. The minimum absolute atomic E-state index is 0.792. The lowest BCUT2D eigenvalue weighted by Crippen LogP contribution is -2.50. The monoisotopic (exact) mass is 211 g/mol. The topological polar surface area (TPSA) is 18.5 Å². The van der Waals surface area contributed by atoms with Crippen LogP contribution in [-0.4, -0.2) is 62.7 Å². The molecule has 1 aliphatic carbocycles. The Morgan fingerprint density at radius 3 is 2.53 bits per heavy atom. The first-order valence-electron chi connectivity index (χ1n) is 6.27. The summed E-state index contributed by atoms with van der Waals surface area (Å²) in [5, 5.41) is 3.32. The number of hydrogen-bond donors (Lipinski definition) is 1. The quantitative estimate of drug-likeness (QED) is 0.735. The zero-order valence-corrected chi connectivity index (χ0v) is 10.4. The largest absolute Gasteiger partial charge is 0.319 e. The summed E-state index contributed by atoms with van der Waals surface area (Å²) in [5.41, 5.74) is 0. The van der Waals surface area contributed by atoms with E-state index in [0.29, 0.717) is 0 Å². The van der Waals surface area contributed by atoms with Crippen LogP contribution < -0.4 is 5.32 Å². The van der Waals surface area contributed by atoms with Gasteiger partial charge in [0.25, 0.3) is 0 Å².